The fraction of sp³-hybridized carbons (Fsp3) is 0.286. The van der Waals surface area contributed by atoms with Crippen molar-refractivity contribution in [2.24, 2.45) is 5.73 Å². The fourth-order valence-corrected chi connectivity index (χ4v) is 2.70. The van der Waals surface area contributed by atoms with E-state index in [-0.39, 0.29) is 5.82 Å². The molecule has 1 aromatic carbocycles. The summed E-state index contributed by atoms with van der Waals surface area (Å²) in [6, 6.07) is 8.98. The molecule has 0 saturated carbocycles. The van der Waals surface area contributed by atoms with E-state index in [2.05, 4.69) is 23.3 Å². The predicted octanol–water partition coefficient (Wildman–Crippen LogP) is 3.37. The summed E-state index contributed by atoms with van der Waals surface area (Å²) in [5, 5.41) is 2.07. The first-order valence-electron chi connectivity index (χ1n) is 6.00. The van der Waals surface area contributed by atoms with Crippen LogP contribution in [0.1, 0.15) is 17.4 Å². The van der Waals surface area contributed by atoms with E-state index in [1.165, 1.54) is 17.0 Å². The van der Waals surface area contributed by atoms with Crippen LogP contribution in [-0.4, -0.2) is 6.54 Å². The zero-order chi connectivity index (χ0) is 13.0. The van der Waals surface area contributed by atoms with Gasteiger partial charge in [-0.1, -0.05) is 6.07 Å². The van der Waals surface area contributed by atoms with Crippen LogP contribution in [0.5, 0.6) is 0 Å². The molecule has 2 rings (SSSR count). The van der Waals surface area contributed by atoms with Gasteiger partial charge in [0.2, 0.25) is 0 Å². The van der Waals surface area contributed by atoms with Crippen LogP contribution in [0.3, 0.4) is 0 Å². The number of thiophene rings is 1. The Bertz CT molecular complexity index is 497. The van der Waals surface area contributed by atoms with Crippen molar-refractivity contribution in [3.63, 3.8) is 0 Å². The maximum absolute atomic E-state index is 13.2. The van der Waals surface area contributed by atoms with Crippen LogP contribution in [-0.2, 0) is 13.1 Å². The average molecular weight is 264 g/mol. The Labute approximate surface area is 111 Å². The third kappa shape index (κ3) is 2.89. The molecule has 0 amide bonds. The van der Waals surface area contributed by atoms with E-state index < -0.39 is 0 Å². The molecule has 0 spiro atoms. The second-order valence-corrected chi connectivity index (χ2v) is 5.10. The van der Waals surface area contributed by atoms with Crippen molar-refractivity contribution < 1.29 is 4.39 Å². The van der Waals surface area contributed by atoms with Crippen molar-refractivity contribution in [2.45, 2.75) is 20.0 Å². The SMILES string of the molecule is CCN(Cc1cccs1)c1ccc(F)cc1CN. The van der Waals surface area contributed by atoms with E-state index in [9.17, 15) is 4.39 Å². The molecule has 0 aliphatic heterocycles. The van der Waals surface area contributed by atoms with E-state index in [4.69, 9.17) is 5.73 Å². The number of nitrogens with two attached hydrogens (primary N) is 1. The highest BCUT2D eigenvalue weighted by Crippen LogP contribution is 2.24. The molecule has 0 radical (unpaired) electrons. The molecule has 2 nitrogen and oxygen atoms in total. The highest BCUT2D eigenvalue weighted by atomic mass is 32.1. The lowest BCUT2D eigenvalue weighted by atomic mass is 10.1. The van der Waals surface area contributed by atoms with Crippen molar-refractivity contribution in [2.75, 3.05) is 11.4 Å². The summed E-state index contributed by atoms with van der Waals surface area (Å²) in [6.45, 7) is 4.16. The number of benzene rings is 1. The number of hydrogen-bond acceptors (Lipinski definition) is 3. The van der Waals surface area contributed by atoms with Crippen molar-refractivity contribution in [1.29, 1.82) is 0 Å². The maximum atomic E-state index is 13.2. The first kappa shape index (κ1) is 13.1. The lowest BCUT2D eigenvalue weighted by molar-refractivity contribution is 0.625. The van der Waals surface area contributed by atoms with Crippen LogP contribution in [0.15, 0.2) is 35.7 Å². The standard InChI is InChI=1S/C14H17FN2S/c1-2-17(10-13-4-3-7-18-13)14-6-5-12(15)8-11(14)9-16/h3-8H,2,9-10,16H2,1H3. The Hall–Kier alpha value is -1.39. The average Bonchev–Trinajstić information content (AvgIpc) is 2.89. The van der Waals surface area contributed by atoms with Crippen LogP contribution in [0, 0.1) is 5.82 Å². The Balaban J connectivity index is 2.26. The minimum Gasteiger partial charge on any atom is -0.366 e. The van der Waals surface area contributed by atoms with E-state index in [0.29, 0.717) is 6.54 Å². The number of anilines is 1. The minimum absolute atomic E-state index is 0.230. The minimum atomic E-state index is -0.230. The molecule has 0 aliphatic carbocycles. The highest BCUT2D eigenvalue weighted by Gasteiger charge is 2.11. The third-order valence-electron chi connectivity index (χ3n) is 2.91. The molecule has 18 heavy (non-hydrogen) atoms. The molecule has 0 saturated heterocycles. The zero-order valence-corrected chi connectivity index (χ0v) is 11.2. The Morgan fingerprint density at radius 1 is 1.33 bits per heavy atom. The Kier molecular flexibility index (Phi) is 4.33. The molecule has 1 aromatic heterocycles. The van der Waals surface area contributed by atoms with Gasteiger partial charge in [0.05, 0.1) is 6.54 Å². The van der Waals surface area contributed by atoms with Crippen LogP contribution >= 0.6 is 11.3 Å². The van der Waals surface area contributed by atoms with Crippen LogP contribution in [0.2, 0.25) is 0 Å². The summed E-state index contributed by atoms with van der Waals surface area (Å²) in [7, 11) is 0. The Morgan fingerprint density at radius 3 is 2.78 bits per heavy atom. The van der Waals surface area contributed by atoms with E-state index in [1.807, 2.05) is 12.1 Å². The summed E-state index contributed by atoms with van der Waals surface area (Å²) in [6.07, 6.45) is 0. The molecule has 0 atom stereocenters. The van der Waals surface area contributed by atoms with Crippen molar-refractivity contribution in [1.82, 2.24) is 0 Å². The van der Waals surface area contributed by atoms with Gasteiger partial charge in [-0.3, -0.25) is 0 Å². The molecule has 1 heterocycles. The molecule has 96 valence electrons. The molecule has 0 unspecified atom stereocenters. The summed E-state index contributed by atoms with van der Waals surface area (Å²) >= 11 is 1.73. The summed E-state index contributed by atoms with van der Waals surface area (Å²) in [5.41, 5.74) is 7.57. The molecule has 0 fully saturated rings. The van der Waals surface area contributed by atoms with Gasteiger partial charge in [-0.25, -0.2) is 4.39 Å². The smallest absolute Gasteiger partial charge is 0.123 e. The predicted molar refractivity (Wildman–Crippen MR) is 75.3 cm³/mol. The summed E-state index contributed by atoms with van der Waals surface area (Å²) in [5.74, 6) is -0.230. The maximum Gasteiger partial charge on any atom is 0.123 e. The normalized spacial score (nSPS) is 10.6. The molecular formula is C14H17FN2S. The van der Waals surface area contributed by atoms with E-state index in [0.717, 1.165) is 24.3 Å². The highest BCUT2D eigenvalue weighted by molar-refractivity contribution is 7.09. The lowest BCUT2D eigenvalue weighted by Gasteiger charge is -2.25. The number of rotatable bonds is 5. The molecule has 2 N–H and O–H groups in total. The van der Waals surface area contributed by atoms with Gasteiger partial charge in [-0.15, -0.1) is 11.3 Å². The quantitative estimate of drug-likeness (QED) is 0.897. The van der Waals surface area contributed by atoms with Crippen LogP contribution in [0.25, 0.3) is 0 Å². The Morgan fingerprint density at radius 2 is 2.17 bits per heavy atom. The first-order chi connectivity index (χ1) is 8.74. The molecule has 0 aliphatic rings. The second kappa shape index (κ2) is 5.98. The van der Waals surface area contributed by atoms with E-state index in [1.54, 1.807) is 11.3 Å². The number of hydrogen-bond donors (Lipinski definition) is 1. The van der Waals surface area contributed by atoms with Crippen LogP contribution in [0.4, 0.5) is 10.1 Å². The van der Waals surface area contributed by atoms with Gasteiger partial charge in [0, 0.05) is 23.7 Å². The van der Waals surface area contributed by atoms with Crippen molar-refractivity contribution >= 4 is 17.0 Å². The van der Waals surface area contributed by atoms with Gasteiger partial charge in [-0.2, -0.15) is 0 Å². The number of halogens is 1. The van der Waals surface area contributed by atoms with E-state index >= 15 is 0 Å². The largest absolute Gasteiger partial charge is 0.366 e. The third-order valence-corrected chi connectivity index (χ3v) is 3.77. The molecular weight excluding hydrogens is 247 g/mol. The van der Waals surface area contributed by atoms with Gasteiger partial charge in [0.15, 0.2) is 0 Å². The monoisotopic (exact) mass is 264 g/mol. The van der Waals surface area contributed by atoms with Crippen LogP contribution < -0.4 is 10.6 Å². The van der Waals surface area contributed by atoms with Crippen molar-refractivity contribution in [3.8, 4) is 0 Å². The summed E-state index contributed by atoms with van der Waals surface area (Å²) in [4.78, 5) is 3.51. The lowest BCUT2D eigenvalue weighted by Crippen LogP contribution is -2.23. The first-order valence-corrected chi connectivity index (χ1v) is 6.88. The molecule has 2 aromatic rings. The fourth-order valence-electron chi connectivity index (χ4n) is 1.98. The topological polar surface area (TPSA) is 29.3 Å². The van der Waals surface area contributed by atoms with Gasteiger partial charge in [-0.05, 0) is 42.1 Å². The van der Waals surface area contributed by atoms with Gasteiger partial charge in [0.25, 0.3) is 0 Å². The summed E-state index contributed by atoms with van der Waals surface area (Å²) < 4.78 is 13.2. The molecule has 4 heteroatoms. The van der Waals surface area contributed by atoms with Gasteiger partial charge >= 0.3 is 0 Å². The van der Waals surface area contributed by atoms with Crippen molar-refractivity contribution in [3.05, 3.63) is 52.0 Å². The second-order valence-electron chi connectivity index (χ2n) is 4.07. The van der Waals surface area contributed by atoms with Gasteiger partial charge in [0.1, 0.15) is 5.82 Å². The molecule has 0 bridgehead atoms. The number of nitrogens with zero attached hydrogens (tertiary/aromatic N) is 1. The zero-order valence-electron chi connectivity index (χ0n) is 10.4. The van der Waals surface area contributed by atoms with Gasteiger partial charge < -0.3 is 10.6 Å².